The molecule has 0 bridgehead atoms. The number of benzene rings is 1. The van der Waals surface area contributed by atoms with Crippen LogP contribution >= 0.6 is 11.3 Å². The maximum absolute atomic E-state index is 12.5. The van der Waals surface area contributed by atoms with Crippen LogP contribution in [-0.2, 0) is 0 Å². The molecule has 0 saturated carbocycles. The van der Waals surface area contributed by atoms with Gasteiger partial charge in [-0.05, 0) is 36.4 Å². The number of rotatable bonds is 5. The molecule has 1 aromatic carbocycles. The molecule has 0 aliphatic rings. The lowest BCUT2D eigenvalue weighted by atomic mass is 10.2. The van der Waals surface area contributed by atoms with Gasteiger partial charge in [-0.3, -0.25) is 9.48 Å². The Bertz CT molecular complexity index is 910. The Morgan fingerprint density at radius 1 is 1.33 bits per heavy atom. The zero-order chi connectivity index (χ0) is 16.4. The average Bonchev–Trinajstić information content (AvgIpc) is 3.36. The van der Waals surface area contributed by atoms with Crippen molar-refractivity contribution < 1.29 is 9.21 Å². The van der Waals surface area contributed by atoms with Gasteiger partial charge in [0, 0.05) is 24.5 Å². The maximum atomic E-state index is 12.5. The monoisotopic (exact) mass is 338 g/mol. The number of nitrogens with zero attached hydrogens (tertiary/aromatic N) is 3. The smallest absolute Gasteiger partial charge is 0.251 e. The molecule has 4 rings (SSSR count). The molecular formula is C17H14N4O2S. The molecule has 4 aromatic rings. The molecule has 0 spiro atoms. The predicted molar refractivity (Wildman–Crippen MR) is 91.0 cm³/mol. The molecule has 1 atom stereocenters. The third-order valence-electron chi connectivity index (χ3n) is 3.77. The van der Waals surface area contributed by atoms with E-state index in [4.69, 9.17) is 4.42 Å². The highest BCUT2D eigenvalue weighted by atomic mass is 32.1. The van der Waals surface area contributed by atoms with Crippen LogP contribution in [0.2, 0.25) is 0 Å². The van der Waals surface area contributed by atoms with Gasteiger partial charge in [0.05, 0.1) is 22.0 Å². The van der Waals surface area contributed by atoms with E-state index in [1.54, 1.807) is 28.7 Å². The lowest BCUT2D eigenvalue weighted by Crippen LogP contribution is -2.31. The first kappa shape index (κ1) is 14.6. The summed E-state index contributed by atoms with van der Waals surface area (Å²) in [7, 11) is 0. The number of thiazole rings is 1. The van der Waals surface area contributed by atoms with Gasteiger partial charge in [0.1, 0.15) is 11.8 Å². The molecule has 0 aliphatic carbocycles. The van der Waals surface area contributed by atoms with E-state index in [-0.39, 0.29) is 11.9 Å². The lowest BCUT2D eigenvalue weighted by Gasteiger charge is -2.16. The highest BCUT2D eigenvalue weighted by molar-refractivity contribution is 7.16. The Balaban J connectivity index is 1.52. The third kappa shape index (κ3) is 2.81. The second kappa shape index (κ2) is 6.29. The highest BCUT2D eigenvalue weighted by Crippen LogP contribution is 2.20. The fraction of sp³-hybridized carbons (Fsp3) is 0.118. The molecule has 3 heterocycles. The van der Waals surface area contributed by atoms with Gasteiger partial charge in [-0.15, -0.1) is 11.3 Å². The van der Waals surface area contributed by atoms with Crippen LogP contribution in [0, 0.1) is 0 Å². The quantitative estimate of drug-likeness (QED) is 0.607. The summed E-state index contributed by atoms with van der Waals surface area (Å²) in [5.41, 5.74) is 3.30. The molecule has 7 heteroatoms. The van der Waals surface area contributed by atoms with Gasteiger partial charge in [-0.1, -0.05) is 0 Å². The number of hydrogen-bond donors (Lipinski definition) is 1. The van der Waals surface area contributed by atoms with Crippen LogP contribution < -0.4 is 5.32 Å². The van der Waals surface area contributed by atoms with Crippen molar-refractivity contribution in [2.45, 2.75) is 6.04 Å². The fourth-order valence-corrected chi connectivity index (χ4v) is 3.27. The zero-order valence-electron chi connectivity index (χ0n) is 12.6. The molecule has 24 heavy (non-hydrogen) atoms. The minimum Gasteiger partial charge on any atom is -0.467 e. The number of nitrogens with one attached hydrogen (secondary N) is 1. The predicted octanol–water partition coefficient (Wildman–Crippen LogP) is 3.11. The summed E-state index contributed by atoms with van der Waals surface area (Å²) in [5, 5.41) is 7.21. The van der Waals surface area contributed by atoms with Crippen LogP contribution in [0.5, 0.6) is 0 Å². The van der Waals surface area contributed by atoms with E-state index in [9.17, 15) is 4.79 Å². The number of amides is 1. The van der Waals surface area contributed by atoms with Crippen LogP contribution in [-0.4, -0.2) is 27.2 Å². The van der Waals surface area contributed by atoms with Crippen LogP contribution in [0.1, 0.15) is 22.2 Å². The third-order valence-corrected chi connectivity index (χ3v) is 4.56. The molecule has 0 fully saturated rings. The summed E-state index contributed by atoms with van der Waals surface area (Å²) in [6.07, 6.45) is 5.17. The fourth-order valence-electron chi connectivity index (χ4n) is 2.56. The Morgan fingerprint density at radius 3 is 3.08 bits per heavy atom. The minimum absolute atomic E-state index is 0.131. The van der Waals surface area contributed by atoms with Crippen molar-refractivity contribution in [2.24, 2.45) is 0 Å². The number of carbonyl (C=O) groups excluding carboxylic acids is 1. The second-order valence-electron chi connectivity index (χ2n) is 5.26. The zero-order valence-corrected chi connectivity index (χ0v) is 13.4. The first-order chi connectivity index (χ1) is 11.8. The first-order valence-corrected chi connectivity index (χ1v) is 8.33. The van der Waals surface area contributed by atoms with Gasteiger partial charge in [-0.2, -0.15) is 5.10 Å². The van der Waals surface area contributed by atoms with Gasteiger partial charge >= 0.3 is 0 Å². The van der Waals surface area contributed by atoms with E-state index in [1.807, 2.05) is 36.5 Å². The van der Waals surface area contributed by atoms with Gasteiger partial charge in [-0.25, -0.2) is 4.98 Å². The van der Waals surface area contributed by atoms with Crippen molar-refractivity contribution >= 4 is 27.5 Å². The van der Waals surface area contributed by atoms with Crippen molar-refractivity contribution in [2.75, 3.05) is 6.54 Å². The number of hydrogen-bond acceptors (Lipinski definition) is 5. The Labute approximate surface area is 141 Å². The van der Waals surface area contributed by atoms with Gasteiger partial charge < -0.3 is 9.73 Å². The van der Waals surface area contributed by atoms with Crippen molar-refractivity contribution in [1.29, 1.82) is 0 Å². The van der Waals surface area contributed by atoms with E-state index >= 15 is 0 Å². The topological polar surface area (TPSA) is 73.0 Å². The summed E-state index contributed by atoms with van der Waals surface area (Å²) in [4.78, 5) is 16.7. The van der Waals surface area contributed by atoms with Gasteiger partial charge in [0.2, 0.25) is 0 Å². The van der Waals surface area contributed by atoms with Crippen LogP contribution in [0.15, 0.2) is 65.0 Å². The number of fused-ring (bicyclic) bond motifs is 1. The number of furan rings is 1. The van der Waals surface area contributed by atoms with Crippen molar-refractivity contribution in [3.05, 3.63) is 71.9 Å². The molecule has 1 N–H and O–H groups in total. The van der Waals surface area contributed by atoms with E-state index in [0.717, 1.165) is 16.0 Å². The molecule has 0 radical (unpaired) electrons. The summed E-state index contributed by atoms with van der Waals surface area (Å²) in [5.74, 6) is 0.617. The molecule has 1 amide bonds. The van der Waals surface area contributed by atoms with Crippen molar-refractivity contribution in [3.63, 3.8) is 0 Å². The molecule has 0 saturated heterocycles. The van der Waals surface area contributed by atoms with E-state index in [1.165, 1.54) is 11.3 Å². The SMILES string of the molecule is O=C(NCC(c1ccco1)n1cccn1)c1ccc2ncsc2c1. The minimum atomic E-state index is -0.189. The highest BCUT2D eigenvalue weighted by Gasteiger charge is 2.18. The van der Waals surface area contributed by atoms with Gasteiger partial charge in [0.25, 0.3) is 5.91 Å². The van der Waals surface area contributed by atoms with Crippen molar-refractivity contribution in [3.8, 4) is 0 Å². The summed E-state index contributed by atoms with van der Waals surface area (Å²) in [6, 6.07) is 10.9. The number of carbonyl (C=O) groups is 1. The summed E-state index contributed by atoms with van der Waals surface area (Å²) in [6.45, 7) is 0.384. The van der Waals surface area contributed by atoms with E-state index in [2.05, 4.69) is 15.4 Å². The molecule has 3 aromatic heterocycles. The Kier molecular flexibility index (Phi) is 3.84. The normalized spacial score (nSPS) is 12.3. The van der Waals surface area contributed by atoms with Crippen molar-refractivity contribution in [1.82, 2.24) is 20.1 Å². The first-order valence-electron chi connectivity index (χ1n) is 7.45. The molecular weight excluding hydrogens is 324 g/mol. The molecule has 120 valence electrons. The van der Waals surface area contributed by atoms with Crippen LogP contribution in [0.25, 0.3) is 10.2 Å². The lowest BCUT2D eigenvalue weighted by molar-refractivity contribution is 0.0948. The van der Waals surface area contributed by atoms with Crippen LogP contribution in [0.3, 0.4) is 0 Å². The second-order valence-corrected chi connectivity index (χ2v) is 6.15. The molecule has 6 nitrogen and oxygen atoms in total. The largest absolute Gasteiger partial charge is 0.467 e. The van der Waals surface area contributed by atoms with Gasteiger partial charge in [0.15, 0.2) is 0 Å². The van der Waals surface area contributed by atoms with Crippen LogP contribution in [0.4, 0.5) is 0 Å². The Hall–Kier alpha value is -2.93. The van der Waals surface area contributed by atoms with E-state index in [0.29, 0.717) is 12.1 Å². The summed E-state index contributed by atoms with van der Waals surface area (Å²) < 4.78 is 8.25. The summed E-state index contributed by atoms with van der Waals surface area (Å²) >= 11 is 1.52. The molecule has 0 aliphatic heterocycles. The average molecular weight is 338 g/mol. The van der Waals surface area contributed by atoms with E-state index < -0.39 is 0 Å². The Morgan fingerprint density at radius 2 is 2.29 bits per heavy atom. The number of aromatic nitrogens is 3. The maximum Gasteiger partial charge on any atom is 0.251 e. The standard InChI is InChI=1S/C17H14N4O2S/c22-17(12-4-5-13-16(9-12)24-11-19-13)18-10-14(15-3-1-8-23-15)21-7-2-6-20-21/h1-9,11,14H,10H2,(H,18,22). The molecule has 1 unspecified atom stereocenters.